The van der Waals surface area contributed by atoms with Crippen molar-refractivity contribution in [2.45, 2.75) is 70.6 Å². The summed E-state index contributed by atoms with van der Waals surface area (Å²) in [5.74, 6) is 1.65. The molecule has 3 heterocycles. The van der Waals surface area contributed by atoms with Crippen LogP contribution in [0.3, 0.4) is 0 Å². The fourth-order valence-electron chi connectivity index (χ4n) is 4.10. The van der Waals surface area contributed by atoms with Crippen molar-refractivity contribution in [2.24, 2.45) is 4.36 Å². The largest absolute Gasteiger partial charge is 0.354 e. The van der Waals surface area contributed by atoms with Gasteiger partial charge in [0.05, 0.1) is 9.73 Å². The fourth-order valence-corrected chi connectivity index (χ4v) is 5.73. The topological polar surface area (TPSA) is 88.4 Å². The van der Waals surface area contributed by atoms with Crippen LogP contribution in [0.15, 0.2) is 22.6 Å². The molecule has 2 aromatic rings. The molecular weight excluding hydrogens is 410 g/mol. The van der Waals surface area contributed by atoms with E-state index in [0.29, 0.717) is 23.4 Å². The van der Waals surface area contributed by atoms with Crippen molar-refractivity contribution in [3.8, 4) is 11.4 Å². The number of rotatable bonds is 5. The molecule has 2 atom stereocenters. The van der Waals surface area contributed by atoms with Gasteiger partial charge in [-0.25, -0.2) is 19.2 Å². The van der Waals surface area contributed by atoms with Gasteiger partial charge in [-0.1, -0.05) is 12.8 Å². The van der Waals surface area contributed by atoms with Gasteiger partial charge in [-0.3, -0.25) is 4.79 Å². The van der Waals surface area contributed by atoms with Gasteiger partial charge in [-0.2, -0.15) is 4.36 Å². The summed E-state index contributed by atoms with van der Waals surface area (Å²) in [6.45, 7) is 6.51. The zero-order chi connectivity index (χ0) is 22.2. The zero-order valence-corrected chi connectivity index (χ0v) is 19.6. The highest BCUT2D eigenvalue weighted by molar-refractivity contribution is 7.93. The van der Waals surface area contributed by atoms with Crippen molar-refractivity contribution in [1.29, 1.82) is 0 Å². The molecule has 1 saturated heterocycles. The third-order valence-corrected chi connectivity index (χ3v) is 8.29. The lowest BCUT2D eigenvalue weighted by molar-refractivity contribution is 0.101. The van der Waals surface area contributed by atoms with Crippen LogP contribution in [0.5, 0.6) is 0 Å². The lowest BCUT2D eigenvalue weighted by Gasteiger charge is -2.28. The Morgan fingerprint density at radius 1 is 1.10 bits per heavy atom. The summed E-state index contributed by atoms with van der Waals surface area (Å²) in [4.78, 5) is 28.1. The lowest BCUT2D eigenvalue weighted by atomic mass is 10.1. The monoisotopic (exact) mass is 441 g/mol. The smallest absolute Gasteiger partial charge is 0.178 e. The van der Waals surface area contributed by atoms with Crippen LogP contribution in [0.2, 0.25) is 0 Å². The fraction of sp³-hybridized carbons (Fsp3) is 0.565. The predicted molar refractivity (Wildman–Crippen MR) is 124 cm³/mol. The second-order valence-electron chi connectivity index (χ2n) is 8.89. The molecule has 2 aromatic heterocycles. The molecule has 1 unspecified atom stereocenters. The van der Waals surface area contributed by atoms with Crippen LogP contribution >= 0.6 is 0 Å². The molecule has 1 aliphatic heterocycles. The number of anilines is 1. The zero-order valence-electron chi connectivity index (χ0n) is 18.8. The Bertz CT molecular complexity index is 1120. The van der Waals surface area contributed by atoms with Gasteiger partial charge in [0.15, 0.2) is 17.4 Å². The van der Waals surface area contributed by atoms with Gasteiger partial charge in [0.1, 0.15) is 11.5 Å². The quantitative estimate of drug-likeness (QED) is 0.624. The first kappa shape index (κ1) is 21.9. The highest BCUT2D eigenvalue weighted by atomic mass is 32.2. The Morgan fingerprint density at radius 2 is 1.87 bits per heavy atom. The van der Waals surface area contributed by atoms with E-state index >= 15 is 0 Å². The lowest BCUT2D eigenvalue weighted by Crippen LogP contribution is -2.33. The van der Waals surface area contributed by atoms with E-state index in [4.69, 9.17) is 4.98 Å². The Morgan fingerprint density at radius 3 is 2.58 bits per heavy atom. The Balaban J connectivity index is 1.86. The summed E-state index contributed by atoms with van der Waals surface area (Å²) < 4.78 is 17.7. The number of aryl methyl sites for hydroxylation is 1. The minimum atomic E-state index is -2.34. The van der Waals surface area contributed by atoms with Crippen molar-refractivity contribution in [2.75, 3.05) is 17.7 Å². The van der Waals surface area contributed by atoms with Gasteiger partial charge < -0.3 is 4.90 Å². The van der Waals surface area contributed by atoms with E-state index in [9.17, 15) is 9.00 Å². The second kappa shape index (κ2) is 8.65. The van der Waals surface area contributed by atoms with E-state index in [1.54, 1.807) is 12.3 Å². The molecule has 2 fully saturated rings. The molecule has 0 spiro atoms. The summed E-state index contributed by atoms with van der Waals surface area (Å²) in [5, 5.41) is 0.152. The maximum absolute atomic E-state index is 13.1. The number of Topliss-reactive ketones (excluding diaryl/α,β-unsaturated/α-hetero) is 1. The van der Waals surface area contributed by atoms with E-state index < -0.39 is 9.73 Å². The summed E-state index contributed by atoms with van der Waals surface area (Å²) in [5.41, 5.74) is 1.85. The van der Waals surface area contributed by atoms with Gasteiger partial charge in [-0.15, -0.1) is 0 Å². The maximum atomic E-state index is 13.1. The minimum Gasteiger partial charge on any atom is -0.354 e. The van der Waals surface area contributed by atoms with E-state index in [-0.39, 0.29) is 11.0 Å². The molecule has 8 heteroatoms. The van der Waals surface area contributed by atoms with Crippen molar-refractivity contribution in [3.63, 3.8) is 0 Å². The second-order valence-corrected chi connectivity index (χ2v) is 11.5. The molecule has 2 aliphatic rings. The van der Waals surface area contributed by atoms with Crippen LogP contribution in [-0.4, -0.2) is 49.0 Å². The SMILES string of the molecule is CC(=O)c1cc(-c2nc(N=S(C)(=O)C3CC3)cc(N3CCCCC[C@H]3C)n2)cc(C)n1. The molecule has 0 amide bonds. The van der Waals surface area contributed by atoms with Crippen molar-refractivity contribution in [3.05, 3.63) is 29.6 Å². The normalized spacial score (nSPS) is 21.3. The standard InChI is InChI=1S/C23H31N5O2S/c1-15-12-18(13-20(24-15)17(3)29)23-25-21(27-31(4,30)19-9-10-19)14-22(26-23)28-11-7-5-6-8-16(28)2/h12-14,16,19H,5-11H2,1-4H3/t16-,31?/m1/s1. The molecule has 31 heavy (non-hydrogen) atoms. The van der Waals surface area contributed by atoms with Gasteiger partial charge in [0.25, 0.3) is 0 Å². The third kappa shape index (κ3) is 5.11. The number of carbonyl (C=O) groups is 1. The van der Waals surface area contributed by atoms with Crippen LogP contribution in [0.4, 0.5) is 11.6 Å². The van der Waals surface area contributed by atoms with Crippen molar-refractivity contribution in [1.82, 2.24) is 15.0 Å². The molecule has 1 aliphatic carbocycles. The molecule has 0 radical (unpaired) electrons. The number of nitrogens with zero attached hydrogens (tertiary/aromatic N) is 5. The van der Waals surface area contributed by atoms with E-state index in [2.05, 4.69) is 26.2 Å². The van der Waals surface area contributed by atoms with Crippen LogP contribution in [0.25, 0.3) is 11.4 Å². The average Bonchev–Trinajstić information content (AvgIpc) is 3.55. The molecular formula is C23H31N5O2S. The highest BCUT2D eigenvalue weighted by Crippen LogP contribution is 2.33. The number of pyridine rings is 1. The number of aromatic nitrogens is 3. The van der Waals surface area contributed by atoms with Gasteiger partial charge in [0.2, 0.25) is 0 Å². The van der Waals surface area contributed by atoms with Crippen LogP contribution in [-0.2, 0) is 9.73 Å². The Kier molecular flexibility index (Phi) is 6.10. The summed E-state index contributed by atoms with van der Waals surface area (Å²) in [6.07, 6.45) is 8.30. The average molecular weight is 442 g/mol. The van der Waals surface area contributed by atoms with Crippen LogP contribution < -0.4 is 4.90 Å². The van der Waals surface area contributed by atoms with E-state index in [0.717, 1.165) is 49.3 Å². The van der Waals surface area contributed by atoms with E-state index in [1.165, 1.54) is 19.8 Å². The summed E-state index contributed by atoms with van der Waals surface area (Å²) in [7, 11) is -2.34. The number of ketones is 1. The summed E-state index contributed by atoms with van der Waals surface area (Å²) in [6, 6.07) is 5.84. The molecule has 0 bridgehead atoms. The third-order valence-electron chi connectivity index (χ3n) is 6.04. The number of hydrogen-bond acceptors (Lipinski definition) is 7. The molecule has 4 rings (SSSR count). The molecule has 7 nitrogen and oxygen atoms in total. The van der Waals surface area contributed by atoms with Gasteiger partial charge in [-0.05, 0) is 51.7 Å². The maximum Gasteiger partial charge on any atom is 0.178 e. The predicted octanol–water partition coefficient (Wildman–Crippen LogP) is 4.71. The number of hydrogen-bond donors (Lipinski definition) is 0. The van der Waals surface area contributed by atoms with Gasteiger partial charge in [0, 0.05) is 48.3 Å². The van der Waals surface area contributed by atoms with E-state index in [1.807, 2.05) is 19.1 Å². The summed E-state index contributed by atoms with van der Waals surface area (Å²) >= 11 is 0. The molecule has 166 valence electrons. The van der Waals surface area contributed by atoms with Crippen LogP contribution in [0.1, 0.15) is 68.6 Å². The first-order valence-corrected chi connectivity index (χ1v) is 13.1. The first-order chi connectivity index (χ1) is 14.7. The minimum absolute atomic E-state index is 0.0996. The Labute approximate surface area is 184 Å². The number of carbonyl (C=O) groups excluding carboxylic acids is 1. The highest BCUT2D eigenvalue weighted by Gasteiger charge is 2.31. The van der Waals surface area contributed by atoms with Gasteiger partial charge >= 0.3 is 0 Å². The van der Waals surface area contributed by atoms with Crippen LogP contribution in [0, 0.1) is 6.92 Å². The van der Waals surface area contributed by atoms with Crippen molar-refractivity contribution < 1.29 is 9.00 Å². The first-order valence-electron chi connectivity index (χ1n) is 11.1. The molecule has 1 saturated carbocycles. The molecule has 0 aromatic carbocycles. The molecule has 0 N–H and O–H groups in total. The van der Waals surface area contributed by atoms with Crippen molar-refractivity contribution >= 4 is 27.1 Å². The Hall–Kier alpha value is -2.35.